The Labute approximate surface area is 137 Å². The van der Waals surface area contributed by atoms with Crippen molar-refractivity contribution in [2.24, 2.45) is 0 Å². The summed E-state index contributed by atoms with van der Waals surface area (Å²) >= 11 is 1.90. The third kappa shape index (κ3) is 10.0. The van der Waals surface area contributed by atoms with E-state index < -0.39 is 11.9 Å². The molecule has 1 atom stereocenters. The molecule has 0 radical (unpaired) electrons. The minimum Gasteiger partial charge on any atom is -0.543 e. The van der Waals surface area contributed by atoms with Crippen LogP contribution >= 0.6 is 11.8 Å². The monoisotopic (exact) mass is 481 g/mol. The van der Waals surface area contributed by atoms with E-state index in [0.29, 0.717) is 5.92 Å². The number of aliphatic carboxylic acids is 2. The van der Waals surface area contributed by atoms with Crippen molar-refractivity contribution in [3.05, 3.63) is 18.2 Å². The van der Waals surface area contributed by atoms with Gasteiger partial charge in [0.2, 0.25) is 0 Å². The van der Waals surface area contributed by atoms with Crippen LogP contribution in [0.5, 0.6) is 0 Å². The van der Waals surface area contributed by atoms with Crippen LogP contribution in [0.2, 0.25) is 0 Å². The van der Waals surface area contributed by atoms with Gasteiger partial charge in [0.1, 0.15) is 5.82 Å². The second-order valence-corrected chi connectivity index (χ2v) is 4.75. The van der Waals surface area contributed by atoms with Gasteiger partial charge >= 0.3 is 21.1 Å². The fourth-order valence-corrected chi connectivity index (χ4v) is 2.18. The molecule has 0 spiro atoms. The summed E-state index contributed by atoms with van der Waals surface area (Å²) < 4.78 is 0. The van der Waals surface area contributed by atoms with Gasteiger partial charge in [-0.1, -0.05) is 19.8 Å². The third-order valence-corrected chi connectivity index (χ3v) is 3.08. The van der Waals surface area contributed by atoms with Gasteiger partial charge in [0.05, 0.1) is 11.9 Å². The van der Waals surface area contributed by atoms with Crippen molar-refractivity contribution < 1.29 is 40.9 Å². The van der Waals surface area contributed by atoms with Crippen molar-refractivity contribution in [2.75, 3.05) is 12.0 Å². The summed E-state index contributed by atoms with van der Waals surface area (Å²) in [5.41, 5.74) is 0. The van der Waals surface area contributed by atoms with E-state index in [1.165, 1.54) is 25.0 Å². The van der Waals surface area contributed by atoms with Gasteiger partial charge < -0.3 is 24.8 Å². The molecule has 0 aliphatic carbocycles. The Bertz CT molecular complexity index is 362. The van der Waals surface area contributed by atoms with Crippen LogP contribution in [0.3, 0.4) is 0 Å². The van der Waals surface area contributed by atoms with Crippen LogP contribution in [-0.2, 0) is 30.7 Å². The number of unbranched alkanes of at least 4 members (excludes halogenated alkanes) is 1. The molecule has 1 N–H and O–H groups in total. The molecule has 20 heavy (non-hydrogen) atoms. The summed E-state index contributed by atoms with van der Waals surface area (Å²) in [4.78, 5) is 25.4. The van der Waals surface area contributed by atoms with Crippen LogP contribution in [0, 0.1) is 0 Å². The molecular weight excluding hydrogens is 463 g/mol. The Kier molecular flexibility index (Phi) is 14.2. The molecule has 0 aliphatic heterocycles. The number of H-pyrrole nitrogens is 1. The van der Waals surface area contributed by atoms with Gasteiger partial charge in [0.25, 0.3) is 0 Å². The Balaban J connectivity index is 0. The zero-order valence-electron chi connectivity index (χ0n) is 11.4. The summed E-state index contributed by atoms with van der Waals surface area (Å²) in [6.07, 6.45) is 9.73. The molecule has 8 heteroatoms. The average Bonchev–Trinajstić information content (AvgIpc) is 2.88. The molecule has 0 aromatic carbocycles. The first-order valence-electron chi connectivity index (χ1n) is 5.93. The van der Waals surface area contributed by atoms with E-state index in [-0.39, 0.29) is 21.1 Å². The fourth-order valence-electron chi connectivity index (χ4n) is 1.45. The second kappa shape index (κ2) is 13.2. The number of nitrogens with one attached hydrogen (secondary N) is 1. The molecular formula is C12H18N2O4PtS. The zero-order valence-corrected chi connectivity index (χ0v) is 14.5. The number of hydrogen-bond donors (Lipinski definition) is 1. The van der Waals surface area contributed by atoms with Crippen molar-refractivity contribution in [1.82, 2.24) is 9.97 Å². The number of imidazole rings is 1. The van der Waals surface area contributed by atoms with E-state index in [9.17, 15) is 0 Å². The van der Waals surface area contributed by atoms with Gasteiger partial charge in [-0.3, -0.25) is 0 Å². The maximum absolute atomic E-state index is 8.93. The van der Waals surface area contributed by atoms with Gasteiger partial charge in [0, 0.05) is 24.1 Å². The van der Waals surface area contributed by atoms with Crippen LogP contribution in [0.1, 0.15) is 37.9 Å². The van der Waals surface area contributed by atoms with E-state index in [1.54, 1.807) is 0 Å². The maximum atomic E-state index is 8.93. The van der Waals surface area contributed by atoms with E-state index in [4.69, 9.17) is 19.8 Å². The molecule has 1 unspecified atom stereocenters. The van der Waals surface area contributed by atoms with Crippen molar-refractivity contribution >= 4 is 23.7 Å². The maximum Gasteiger partial charge on any atom is 2.00 e. The first-order chi connectivity index (χ1) is 9.02. The predicted octanol–water partition coefficient (Wildman–Crippen LogP) is -0.470. The topological polar surface area (TPSA) is 109 Å². The standard InChI is InChI=1S/C10H18N2S.C2H2O4.Pt/c1-3-4-5-9(8-13-2)10-11-6-7-12-10;3-1(4)2(5)6;/h6-7,9H,3-5,8H2,1-2H3,(H,11,12);(H,3,4)(H,5,6);/q;;+2/p-2. The number of aromatic amines is 1. The number of rotatable bonds is 6. The summed E-state index contributed by atoms with van der Waals surface area (Å²) in [7, 11) is 0. The fraction of sp³-hybridized carbons (Fsp3) is 0.583. The van der Waals surface area contributed by atoms with E-state index in [0.717, 1.165) is 5.82 Å². The Morgan fingerprint density at radius 1 is 1.40 bits per heavy atom. The summed E-state index contributed by atoms with van der Waals surface area (Å²) in [5, 5.41) is 17.9. The first-order valence-corrected chi connectivity index (χ1v) is 7.32. The molecule has 116 valence electrons. The van der Waals surface area contributed by atoms with Crippen LogP contribution in [-0.4, -0.2) is 33.9 Å². The van der Waals surface area contributed by atoms with Gasteiger partial charge in [0.15, 0.2) is 0 Å². The molecule has 0 saturated heterocycles. The number of carbonyl (C=O) groups is 2. The van der Waals surface area contributed by atoms with Crippen molar-refractivity contribution in [3.63, 3.8) is 0 Å². The van der Waals surface area contributed by atoms with Crippen LogP contribution in [0.15, 0.2) is 12.4 Å². The second-order valence-electron chi connectivity index (χ2n) is 3.84. The minimum absolute atomic E-state index is 0. The number of aromatic nitrogens is 2. The molecule has 6 nitrogen and oxygen atoms in total. The van der Waals surface area contributed by atoms with E-state index in [2.05, 4.69) is 23.1 Å². The zero-order chi connectivity index (χ0) is 14.7. The molecule has 1 aromatic heterocycles. The van der Waals surface area contributed by atoms with Gasteiger partial charge in [-0.15, -0.1) is 0 Å². The Morgan fingerprint density at radius 2 is 2.00 bits per heavy atom. The molecule has 0 aliphatic rings. The SMILES string of the molecule is CCCCC(CSC)c1ncc[nH]1.O=C([O-])C(=O)[O-].[Pt+2]. The minimum atomic E-state index is -2.19. The normalized spacial score (nSPS) is 10.7. The number of carbonyl (C=O) groups excluding carboxylic acids is 2. The van der Waals surface area contributed by atoms with Crippen molar-refractivity contribution in [2.45, 2.75) is 32.1 Å². The number of thioether (sulfide) groups is 1. The number of nitrogens with zero attached hydrogens (tertiary/aromatic N) is 1. The Hall–Kier alpha value is -0.812. The largest absolute Gasteiger partial charge is 2.00 e. The number of hydrogen-bond acceptors (Lipinski definition) is 6. The molecule has 0 amide bonds. The third-order valence-electron chi connectivity index (χ3n) is 2.35. The van der Waals surface area contributed by atoms with Crippen molar-refractivity contribution in [1.29, 1.82) is 0 Å². The van der Waals surface area contributed by atoms with Crippen LogP contribution in [0.25, 0.3) is 0 Å². The first kappa shape index (κ1) is 21.5. The summed E-state index contributed by atoms with van der Waals surface area (Å²) in [6.45, 7) is 2.23. The number of carboxylic acids is 2. The molecule has 0 bridgehead atoms. The molecule has 0 fully saturated rings. The van der Waals surface area contributed by atoms with Crippen LogP contribution in [0.4, 0.5) is 0 Å². The predicted molar refractivity (Wildman–Crippen MR) is 69.2 cm³/mol. The molecule has 1 rings (SSSR count). The van der Waals surface area contributed by atoms with Crippen LogP contribution < -0.4 is 10.2 Å². The van der Waals surface area contributed by atoms with Crippen molar-refractivity contribution in [3.8, 4) is 0 Å². The van der Waals surface area contributed by atoms with E-state index >= 15 is 0 Å². The molecule has 1 heterocycles. The summed E-state index contributed by atoms with van der Waals surface area (Å²) in [5.74, 6) is -1.43. The summed E-state index contributed by atoms with van der Waals surface area (Å²) in [6, 6.07) is 0. The molecule has 1 aromatic rings. The van der Waals surface area contributed by atoms with E-state index in [1.807, 2.05) is 24.2 Å². The van der Waals surface area contributed by atoms with Gasteiger partial charge in [-0.05, 0) is 12.7 Å². The smallest absolute Gasteiger partial charge is 0.543 e. The van der Waals surface area contributed by atoms with Gasteiger partial charge in [-0.2, -0.15) is 11.8 Å². The molecule has 0 saturated carbocycles. The number of carboxylic acid groups (broad SMARTS) is 2. The Morgan fingerprint density at radius 3 is 2.35 bits per heavy atom. The average molecular weight is 481 g/mol. The van der Waals surface area contributed by atoms with Gasteiger partial charge in [-0.25, -0.2) is 4.98 Å². The quantitative estimate of drug-likeness (QED) is 0.551.